The van der Waals surface area contributed by atoms with Crippen LogP contribution in [0.25, 0.3) is 0 Å². The van der Waals surface area contributed by atoms with Gasteiger partial charge in [0, 0.05) is 11.2 Å². The summed E-state index contributed by atoms with van der Waals surface area (Å²) in [6.45, 7) is 7.31. The van der Waals surface area contributed by atoms with Crippen LogP contribution in [0.15, 0.2) is 18.2 Å². The molecular weight excluding hydrogens is 256 g/mol. The van der Waals surface area contributed by atoms with E-state index < -0.39 is 11.5 Å². The van der Waals surface area contributed by atoms with Crippen molar-refractivity contribution in [1.82, 2.24) is 5.32 Å². The maximum absolute atomic E-state index is 12.0. The van der Waals surface area contributed by atoms with Crippen LogP contribution in [0.3, 0.4) is 0 Å². The van der Waals surface area contributed by atoms with Crippen LogP contribution in [-0.4, -0.2) is 22.6 Å². The van der Waals surface area contributed by atoms with E-state index in [1.54, 1.807) is 13.8 Å². The number of rotatable bonds is 5. The van der Waals surface area contributed by atoms with E-state index in [2.05, 4.69) is 10.6 Å². The van der Waals surface area contributed by atoms with Crippen LogP contribution in [0.5, 0.6) is 0 Å². The Hall–Kier alpha value is -2.04. The summed E-state index contributed by atoms with van der Waals surface area (Å²) in [7, 11) is 0. The van der Waals surface area contributed by atoms with Gasteiger partial charge in [-0.25, -0.2) is 4.79 Å². The largest absolute Gasteiger partial charge is 0.481 e. The second kappa shape index (κ2) is 6.41. The third-order valence-electron chi connectivity index (χ3n) is 3.02. The molecule has 0 saturated carbocycles. The molecule has 0 aliphatic carbocycles. The molecule has 3 N–H and O–H groups in total. The van der Waals surface area contributed by atoms with Crippen molar-refractivity contribution in [2.24, 2.45) is 0 Å². The van der Waals surface area contributed by atoms with Gasteiger partial charge in [0.15, 0.2) is 0 Å². The number of benzene rings is 1. The van der Waals surface area contributed by atoms with E-state index in [0.29, 0.717) is 0 Å². The van der Waals surface area contributed by atoms with Gasteiger partial charge in [0.1, 0.15) is 0 Å². The van der Waals surface area contributed by atoms with Crippen molar-refractivity contribution >= 4 is 17.7 Å². The summed E-state index contributed by atoms with van der Waals surface area (Å²) in [5.41, 5.74) is 2.02. The van der Waals surface area contributed by atoms with Crippen LogP contribution in [-0.2, 0) is 11.2 Å². The van der Waals surface area contributed by atoms with Gasteiger partial charge in [-0.3, -0.25) is 4.79 Å². The van der Waals surface area contributed by atoms with Crippen LogP contribution >= 0.6 is 0 Å². The predicted molar refractivity (Wildman–Crippen MR) is 79.0 cm³/mol. The summed E-state index contributed by atoms with van der Waals surface area (Å²) in [6.07, 6.45) is 0.685. The van der Waals surface area contributed by atoms with Gasteiger partial charge in [0.2, 0.25) is 0 Å². The molecule has 0 spiro atoms. The molecule has 5 heteroatoms. The van der Waals surface area contributed by atoms with Crippen molar-refractivity contribution in [3.05, 3.63) is 29.3 Å². The molecule has 1 aromatic rings. The zero-order valence-electron chi connectivity index (χ0n) is 12.4. The fourth-order valence-corrected chi connectivity index (χ4v) is 2.08. The molecule has 20 heavy (non-hydrogen) atoms. The topological polar surface area (TPSA) is 78.4 Å². The lowest BCUT2D eigenvalue weighted by Gasteiger charge is -2.25. The Labute approximate surface area is 119 Å². The number of carbonyl (C=O) groups excluding carboxylic acids is 1. The van der Waals surface area contributed by atoms with Crippen LogP contribution in [0.1, 0.15) is 38.3 Å². The number of nitrogens with one attached hydrogen (secondary N) is 2. The fraction of sp³-hybridized carbons (Fsp3) is 0.467. The number of hydrogen-bond acceptors (Lipinski definition) is 2. The third kappa shape index (κ3) is 4.57. The van der Waals surface area contributed by atoms with Gasteiger partial charge < -0.3 is 15.7 Å². The third-order valence-corrected chi connectivity index (χ3v) is 3.02. The van der Waals surface area contributed by atoms with Gasteiger partial charge in [0.25, 0.3) is 0 Å². The Kier molecular flexibility index (Phi) is 5.13. The molecule has 110 valence electrons. The second-order valence-corrected chi connectivity index (χ2v) is 5.50. The normalized spacial score (nSPS) is 11.0. The van der Waals surface area contributed by atoms with E-state index in [1.807, 2.05) is 32.0 Å². The molecule has 1 rings (SSSR count). The molecule has 0 bridgehead atoms. The van der Waals surface area contributed by atoms with Crippen molar-refractivity contribution < 1.29 is 14.7 Å². The number of carboxylic acid groups (broad SMARTS) is 1. The number of hydrogen-bond donors (Lipinski definition) is 3. The molecule has 2 amide bonds. The van der Waals surface area contributed by atoms with Gasteiger partial charge >= 0.3 is 12.0 Å². The number of amides is 2. The van der Waals surface area contributed by atoms with Crippen molar-refractivity contribution in [2.45, 2.75) is 46.1 Å². The molecule has 0 saturated heterocycles. The number of carbonyl (C=O) groups is 2. The maximum Gasteiger partial charge on any atom is 0.319 e. The van der Waals surface area contributed by atoms with Gasteiger partial charge in [-0.15, -0.1) is 0 Å². The molecule has 0 radical (unpaired) electrons. The summed E-state index contributed by atoms with van der Waals surface area (Å²) in [6, 6.07) is 5.45. The van der Waals surface area contributed by atoms with Crippen LogP contribution in [0.2, 0.25) is 0 Å². The first kappa shape index (κ1) is 16.0. The SMILES string of the molecule is CCc1cccc(C)c1NC(=O)NC(C)(C)CC(=O)O. The molecule has 0 atom stereocenters. The Morgan fingerprint density at radius 1 is 1.30 bits per heavy atom. The van der Waals surface area contributed by atoms with E-state index in [0.717, 1.165) is 23.2 Å². The summed E-state index contributed by atoms with van der Waals surface area (Å²) in [5, 5.41) is 14.3. The molecule has 1 aromatic carbocycles. The first-order chi connectivity index (χ1) is 9.25. The summed E-state index contributed by atoms with van der Waals surface area (Å²) in [4.78, 5) is 22.8. The standard InChI is InChI=1S/C15H22N2O3/c1-5-11-8-6-7-10(2)13(11)16-14(20)17-15(3,4)9-12(18)19/h6-8H,5,9H2,1-4H3,(H,18,19)(H2,16,17,20). The monoisotopic (exact) mass is 278 g/mol. The Morgan fingerprint density at radius 2 is 1.95 bits per heavy atom. The lowest BCUT2D eigenvalue weighted by Crippen LogP contribution is -2.47. The number of carboxylic acids is 1. The highest BCUT2D eigenvalue weighted by Gasteiger charge is 2.24. The summed E-state index contributed by atoms with van der Waals surface area (Å²) in [5.74, 6) is -0.944. The van der Waals surface area contributed by atoms with Crippen molar-refractivity contribution in [2.75, 3.05) is 5.32 Å². The predicted octanol–water partition coefficient (Wildman–Crippen LogP) is 2.93. The second-order valence-electron chi connectivity index (χ2n) is 5.50. The smallest absolute Gasteiger partial charge is 0.319 e. The lowest BCUT2D eigenvalue weighted by molar-refractivity contribution is -0.138. The zero-order valence-corrected chi connectivity index (χ0v) is 12.4. The average Bonchev–Trinajstić information content (AvgIpc) is 2.29. The number of aliphatic carboxylic acids is 1. The maximum atomic E-state index is 12.0. The number of urea groups is 1. The highest BCUT2D eigenvalue weighted by Crippen LogP contribution is 2.21. The molecule has 0 aliphatic rings. The van der Waals surface area contributed by atoms with Gasteiger partial charge in [-0.05, 0) is 38.3 Å². The van der Waals surface area contributed by atoms with E-state index in [1.165, 1.54) is 0 Å². The average molecular weight is 278 g/mol. The Balaban J connectivity index is 2.79. The molecule has 0 heterocycles. The van der Waals surface area contributed by atoms with Crippen molar-refractivity contribution in [3.63, 3.8) is 0 Å². The number of anilines is 1. The quantitative estimate of drug-likeness (QED) is 0.775. The molecule has 0 aromatic heterocycles. The Bertz CT molecular complexity index is 510. The molecule has 5 nitrogen and oxygen atoms in total. The van der Waals surface area contributed by atoms with E-state index in [4.69, 9.17) is 5.11 Å². The number of aryl methyl sites for hydroxylation is 2. The van der Waals surface area contributed by atoms with Crippen LogP contribution < -0.4 is 10.6 Å². The minimum absolute atomic E-state index is 0.130. The first-order valence-electron chi connectivity index (χ1n) is 6.64. The fourth-order valence-electron chi connectivity index (χ4n) is 2.08. The minimum Gasteiger partial charge on any atom is -0.481 e. The molecular formula is C15H22N2O3. The molecule has 0 aliphatic heterocycles. The van der Waals surface area contributed by atoms with Crippen LogP contribution in [0, 0.1) is 6.92 Å². The highest BCUT2D eigenvalue weighted by atomic mass is 16.4. The minimum atomic E-state index is -0.944. The summed E-state index contributed by atoms with van der Waals surface area (Å²) < 4.78 is 0. The van der Waals surface area contributed by atoms with Crippen molar-refractivity contribution in [1.29, 1.82) is 0 Å². The van der Waals surface area contributed by atoms with Gasteiger partial charge in [-0.1, -0.05) is 25.1 Å². The van der Waals surface area contributed by atoms with Gasteiger partial charge in [0.05, 0.1) is 6.42 Å². The highest BCUT2D eigenvalue weighted by molar-refractivity contribution is 5.91. The first-order valence-corrected chi connectivity index (χ1v) is 6.64. The molecule has 0 unspecified atom stereocenters. The molecule has 0 fully saturated rings. The van der Waals surface area contributed by atoms with Crippen LogP contribution in [0.4, 0.5) is 10.5 Å². The summed E-state index contributed by atoms with van der Waals surface area (Å²) >= 11 is 0. The number of para-hydroxylation sites is 1. The Morgan fingerprint density at radius 3 is 2.50 bits per heavy atom. The lowest BCUT2D eigenvalue weighted by atomic mass is 10.0. The van der Waals surface area contributed by atoms with E-state index in [-0.39, 0.29) is 12.5 Å². The van der Waals surface area contributed by atoms with E-state index in [9.17, 15) is 9.59 Å². The van der Waals surface area contributed by atoms with E-state index >= 15 is 0 Å². The van der Waals surface area contributed by atoms with Gasteiger partial charge in [-0.2, -0.15) is 0 Å². The van der Waals surface area contributed by atoms with Crippen molar-refractivity contribution in [3.8, 4) is 0 Å². The zero-order chi connectivity index (χ0) is 15.3.